The number of nitrogens with zero attached hydrogens (tertiary/aromatic N) is 1. The molecule has 0 aromatic heterocycles. The van der Waals surface area contributed by atoms with Gasteiger partial charge in [0.25, 0.3) is 0 Å². The Morgan fingerprint density at radius 3 is 2.81 bits per heavy atom. The minimum Gasteiger partial charge on any atom is -0.515 e. The summed E-state index contributed by atoms with van der Waals surface area (Å²) in [6.45, 7) is 3.75. The van der Waals surface area contributed by atoms with Gasteiger partial charge in [-0.15, -0.1) is 0 Å². The van der Waals surface area contributed by atoms with Crippen LogP contribution in [0.5, 0.6) is 0 Å². The van der Waals surface area contributed by atoms with Gasteiger partial charge in [0.15, 0.2) is 5.78 Å². The summed E-state index contributed by atoms with van der Waals surface area (Å²) in [6.07, 6.45) is 7.67. The molecule has 0 radical (unpaired) electrons. The van der Waals surface area contributed by atoms with E-state index in [1.807, 2.05) is 11.0 Å². The SMILES string of the molecule is CC12CCC3c4ccc(F)cc4CCC3C1C(CCC(=O)N1CCCC1)/C(=C/O)C2=O. The van der Waals surface area contributed by atoms with Crippen LogP contribution in [0, 0.1) is 29.0 Å². The van der Waals surface area contributed by atoms with Crippen molar-refractivity contribution in [3.05, 3.63) is 47.0 Å². The zero-order chi connectivity index (χ0) is 21.8. The fraction of sp³-hybridized carbons (Fsp3) is 0.615. The van der Waals surface area contributed by atoms with Crippen LogP contribution in [0.4, 0.5) is 4.39 Å². The number of likely N-dealkylation sites (tertiary alicyclic amines) is 1. The van der Waals surface area contributed by atoms with E-state index in [0.717, 1.165) is 63.4 Å². The Hall–Kier alpha value is -2.17. The monoisotopic (exact) mass is 425 g/mol. The number of benzene rings is 1. The number of carbonyl (C=O) groups excluding carboxylic acids is 2. The Kier molecular flexibility index (Phi) is 5.18. The number of halogens is 1. The summed E-state index contributed by atoms with van der Waals surface area (Å²) in [5.74, 6) is 0.757. The third-order valence-corrected chi connectivity index (χ3v) is 8.82. The highest BCUT2D eigenvalue weighted by molar-refractivity contribution is 6.03. The van der Waals surface area contributed by atoms with Crippen LogP contribution in [0.1, 0.15) is 68.9 Å². The quantitative estimate of drug-likeness (QED) is 0.552. The molecule has 5 rings (SSSR count). The minimum atomic E-state index is -0.478. The van der Waals surface area contributed by atoms with Crippen molar-refractivity contribution in [2.45, 2.75) is 64.2 Å². The number of amides is 1. The van der Waals surface area contributed by atoms with Crippen LogP contribution in [0.15, 0.2) is 30.0 Å². The van der Waals surface area contributed by atoms with Crippen molar-refractivity contribution in [3.8, 4) is 0 Å². The van der Waals surface area contributed by atoms with E-state index in [1.165, 1.54) is 5.56 Å². The first-order valence-electron chi connectivity index (χ1n) is 11.9. The van der Waals surface area contributed by atoms with E-state index in [0.29, 0.717) is 30.3 Å². The second-order valence-corrected chi connectivity index (χ2v) is 10.3. The molecular weight excluding hydrogens is 393 g/mol. The number of hydrogen-bond donors (Lipinski definition) is 1. The zero-order valence-corrected chi connectivity index (χ0v) is 18.3. The highest BCUT2D eigenvalue weighted by atomic mass is 19.1. The first-order valence-corrected chi connectivity index (χ1v) is 11.9. The Morgan fingerprint density at radius 2 is 2.06 bits per heavy atom. The molecule has 1 aliphatic heterocycles. The molecule has 1 heterocycles. The van der Waals surface area contributed by atoms with E-state index in [-0.39, 0.29) is 29.3 Å². The standard InChI is InChI=1S/C26H32FNO3/c1-26-11-10-19-18-7-5-17(27)14-16(18)4-6-20(19)24(26)21(22(15-29)25(26)31)8-9-23(30)28-12-2-3-13-28/h5,7,14-15,19-21,24,29H,2-4,6,8-13H2,1H3/b22-15-. The average Bonchev–Trinajstić information content (AvgIpc) is 3.37. The molecule has 0 spiro atoms. The number of aryl methyl sites for hydroxylation is 1. The molecule has 1 amide bonds. The van der Waals surface area contributed by atoms with Crippen LogP contribution in [0.3, 0.4) is 0 Å². The normalized spacial score (nSPS) is 35.7. The lowest BCUT2D eigenvalue weighted by Gasteiger charge is -2.49. The topological polar surface area (TPSA) is 57.6 Å². The lowest BCUT2D eigenvalue weighted by molar-refractivity contribution is -0.130. The van der Waals surface area contributed by atoms with Gasteiger partial charge in [-0.2, -0.15) is 0 Å². The number of aliphatic hydroxyl groups excluding tert-OH is 1. The smallest absolute Gasteiger partial charge is 0.222 e. The van der Waals surface area contributed by atoms with Crippen LogP contribution in [0.2, 0.25) is 0 Å². The van der Waals surface area contributed by atoms with Crippen molar-refractivity contribution in [3.63, 3.8) is 0 Å². The van der Waals surface area contributed by atoms with Crippen LogP contribution in [-0.2, 0) is 16.0 Å². The van der Waals surface area contributed by atoms with Gasteiger partial charge in [-0.1, -0.05) is 13.0 Å². The number of allylic oxidation sites excluding steroid dienone is 1. The number of aliphatic hydroxyl groups is 1. The summed E-state index contributed by atoms with van der Waals surface area (Å²) in [5.41, 5.74) is 2.38. The molecule has 2 saturated carbocycles. The largest absolute Gasteiger partial charge is 0.515 e. The maximum atomic E-state index is 13.8. The molecule has 0 bridgehead atoms. The highest BCUT2D eigenvalue weighted by Gasteiger charge is 2.60. The van der Waals surface area contributed by atoms with Crippen molar-refractivity contribution in [1.82, 2.24) is 4.90 Å². The van der Waals surface area contributed by atoms with Crippen LogP contribution in [0.25, 0.3) is 0 Å². The molecule has 5 heteroatoms. The molecule has 31 heavy (non-hydrogen) atoms. The summed E-state index contributed by atoms with van der Waals surface area (Å²) in [5, 5.41) is 10.0. The minimum absolute atomic E-state index is 0.0713. The van der Waals surface area contributed by atoms with Crippen molar-refractivity contribution >= 4 is 11.7 Å². The molecule has 4 nitrogen and oxygen atoms in total. The predicted molar refractivity (Wildman–Crippen MR) is 116 cm³/mol. The molecule has 3 aliphatic carbocycles. The maximum absolute atomic E-state index is 13.8. The summed E-state index contributed by atoms with van der Waals surface area (Å²) in [6, 6.07) is 5.17. The number of ketones is 1. The van der Waals surface area contributed by atoms with Gasteiger partial charge in [-0.25, -0.2) is 4.39 Å². The molecule has 4 aliphatic rings. The number of carbonyl (C=O) groups is 2. The summed E-state index contributed by atoms with van der Waals surface area (Å²) in [7, 11) is 0. The lowest BCUT2D eigenvalue weighted by atomic mass is 9.54. The van der Waals surface area contributed by atoms with Crippen molar-refractivity contribution < 1.29 is 19.1 Å². The van der Waals surface area contributed by atoms with E-state index in [2.05, 4.69) is 6.92 Å². The van der Waals surface area contributed by atoms with E-state index < -0.39 is 5.41 Å². The Bertz CT molecular complexity index is 935. The molecule has 1 saturated heterocycles. The van der Waals surface area contributed by atoms with Gasteiger partial charge in [0.2, 0.25) is 5.91 Å². The average molecular weight is 426 g/mol. The van der Waals surface area contributed by atoms with Crippen LogP contribution < -0.4 is 0 Å². The van der Waals surface area contributed by atoms with Crippen molar-refractivity contribution in [2.24, 2.45) is 23.2 Å². The van der Waals surface area contributed by atoms with Crippen LogP contribution >= 0.6 is 0 Å². The van der Waals surface area contributed by atoms with E-state index in [4.69, 9.17) is 0 Å². The fourth-order valence-corrected chi connectivity index (χ4v) is 7.39. The summed E-state index contributed by atoms with van der Waals surface area (Å²) in [4.78, 5) is 28.1. The summed E-state index contributed by atoms with van der Waals surface area (Å²) < 4.78 is 13.8. The van der Waals surface area contributed by atoms with Crippen LogP contribution in [-0.4, -0.2) is 34.8 Å². The second kappa shape index (κ2) is 7.75. The van der Waals surface area contributed by atoms with E-state index in [1.54, 1.807) is 12.1 Å². The zero-order valence-electron chi connectivity index (χ0n) is 18.3. The lowest BCUT2D eigenvalue weighted by Crippen LogP contribution is -2.44. The Balaban J connectivity index is 1.44. The molecule has 1 aromatic rings. The van der Waals surface area contributed by atoms with Crippen molar-refractivity contribution in [1.29, 1.82) is 0 Å². The van der Waals surface area contributed by atoms with Gasteiger partial charge in [0, 0.05) is 30.5 Å². The molecule has 166 valence electrons. The Labute approximate surface area is 183 Å². The first kappa shape index (κ1) is 20.7. The van der Waals surface area contributed by atoms with E-state index in [9.17, 15) is 19.1 Å². The summed E-state index contributed by atoms with van der Waals surface area (Å²) >= 11 is 0. The third kappa shape index (κ3) is 3.23. The van der Waals surface area contributed by atoms with Gasteiger partial charge in [-0.3, -0.25) is 9.59 Å². The molecule has 1 N–H and O–H groups in total. The molecular formula is C26H32FNO3. The van der Waals surface area contributed by atoms with Crippen molar-refractivity contribution in [2.75, 3.05) is 13.1 Å². The third-order valence-electron chi connectivity index (χ3n) is 8.82. The van der Waals surface area contributed by atoms with Gasteiger partial charge in [0.1, 0.15) is 5.82 Å². The number of fused-ring (bicyclic) bond motifs is 5. The number of hydrogen-bond acceptors (Lipinski definition) is 3. The molecule has 5 atom stereocenters. The fourth-order valence-electron chi connectivity index (χ4n) is 7.39. The van der Waals surface area contributed by atoms with E-state index >= 15 is 0 Å². The van der Waals surface area contributed by atoms with Gasteiger partial charge in [-0.05, 0) is 91.9 Å². The van der Waals surface area contributed by atoms with Gasteiger partial charge < -0.3 is 10.0 Å². The second-order valence-electron chi connectivity index (χ2n) is 10.3. The number of Topliss-reactive ketones (excluding diaryl/α,β-unsaturated/α-hetero) is 1. The molecule has 1 aromatic carbocycles. The van der Waals surface area contributed by atoms with Gasteiger partial charge >= 0.3 is 0 Å². The maximum Gasteiger partial charge on any atom is 0.222 e. The molecule has 3 fully saturated rings. The highest BCUT2D eigenvalue weighted by Crippen LogP contribution is 2.63. The first-order chi connectivity index (χ1) is 14.9. The Morgan fingerprint density at radius 1 is 1.29 bits per heavy atom. The molecule has 5 unspecified atom stereocenters. The predicted octanol–water partition coefficient (Wildman–Crippen LogP) is 4.93. The number of rotatable bonds is 3. The van der Waals surface area contributed by atoms with Gasteiger partial charge in [0.05, 0.1) is 6.26 Å².